The largest absolute Gasteiger partial charge is 0.392 e. The van der Waals surface area contributed by atoms with E-state index in [9.17, 15) is 0 Å². The molecule has 31 heavy (non-hydrogen) atoms. The van der Waals surface area contributed by atoms with Gasteiger partial charge in [0.25, 0.3) is 5.69 Å². The fourth-order valence-corrected chi connectivity index (χ4v) is 4.18. The van der Waals surface area contributed by atoms with Gasteiger partial charge in [-0.15, -0.1) is 11.3 Å². The van der Waals surface area contributed by atoms with Crippen molar-refractivity contribution in [3.8, 4) is 11.3 Å². The van der Waals surface area contributed by atoms with Gasteiger partial charge in [-0.3, -0.25) is 0 Å². The summed E-state index contributed by atoms with van der Waals surface area (Å²) in [5.74, 6) is 0.486. The summed E-state index contributed by atoms with van der Waals surface area (Å²) in [6.45, 7) is 9.36. The molecular weight excluding hydrogens is 434 g/mol. The number of nitrogens with two attached hydrogens (primary N) is 1. The van der Waals surface area contributed by atoms with Crippen molar-refractivity contribution in [2.75, 3.05) is 11.1 Å². The summed E-state index contributed by atoms with van der Waals surface area (Å²) in [6.07, 6.45) is 2.88. The second-order valence-corrected chi connectivity index (χ2v) is 8.04. The zero-order valence-electron chi connectivity index (χ0n) is 16.1. The molecule has 4 aromatic heterocycles. The molecule has 0 unspecified atom stereocenters. The van der Waals surface area contributed by atoms with E-state index in [1.54, 1.807) is 22.0 Å². The maximum atomic E-state index is 7.40. The van der Waals surface area contributed by atoms with Gasteiger partial charge in [0, 0.05) is 11.1 Å². The van der Waals surface area contributed by atoms with E-state index in [0.29, 0.717) is 22.3 Å². The molecule has 3 N–H and O–H groups in total. The summed E-state index contributed by atoms with van der Waals surface area (Å²) < 4.78 is 2.68. The minimum absolute atomic E-state index is 0.127. The summed E-state index contributed by atoms with van der Waals surface area (Å²) >= 11 is 7.86. The minimum Gasteiger partial charge on any atom is -0.392 e. The SMILES string of the molecule is [C-]#[N+]c1c(N)ncnc1N[C@@H](C)c1cc2ncc(Cl)n2nc1-c1ccc2scnc2c1. The first kappa shape index (κ1) is 19.2. The van der Waals surface area contributed by atoms with Gasteiger partial charge in [0.1, 0.15) is 18.0 Å². The lowest BCUT2D eigenvalue weighted by atomic mass is 10.0. The average molecular weight is 448 g/mol. The van der Waals surface area contributed by atoms with Crippen LogP contribution >= 0.6 is 22.9 Å². The third-order valence-corrected chi connectivity index (χ3v) is 5.93. The summed E-state index contributed by atoms with van der Waals surface area (Å²) in [4.78, 5) is 20.3. The molecule has 0 saturated heterocycles. The Labute approximate surface area is 185 Å². The number of imidazole rings is 1. The Morgan fingerprint density at radius 2 is 2.10 bits per heavy atom. The molecule has 0 aliphatic heterocycles. The maximum absolute atomic E-state index is 7.40. The monoisotopic (exact) mass is 447 g/mol. The van der Waals surface area contributed by atoms with E-state index in [0.717, 1.165) is 21.3 Å². The van der Waals surface area contributed by atoms with E-state index in [4.69, 9.17) is 29.0 Å². The second kappa shape index (κ2) is 7.46. The summed E-state index contributed by atoms with van der Waals surface area (Å²) in [6, 6.07) is 7.66. The van der Waals surface area contributed by atoms with E-state index < -0.39 is 0 Å². The van der Waals surface area contributed by atoms with Crippen molar-refractivity contribution in [1.82, 2.24) is 29.5 Å². The van der Waals surface area contributed by atoms with Crippen molar-refractivity contribution >= 4 is 56.1 Å². The highest BCUT2D eigenvalue weighted by atomic mass is 35.5. The van der Waals surface area contributed by atoms with Gasteiger partial charge in [0.05, 0.1) is 40.2 Å². The standard InChI is InChI=1S/C20H14ClN9S/c1-10(28-20-18(23-2)19(22)25-8-26-20)12-6-16-24-7-15(21)30(16)29-17(12)11-3-4-14-13(5-11)27-9-31-14/h3-10H,1H3,(H3,22,25,26,28)/t10-/m0/s1. The van der Waals surface area contributed by atoms with Crippen LogP contribution < -0.4 is 11.1 Å². The quantitative estimate of drug-likeness (QED) is 0.382. The first-order valence-corrected chi connectivity index (χ1v) is 10.4. The summed E-state index contributed by atoms with van der Waals surface area (Å²) in [5, 5.41) is 8.44. The highest BCUT2D eigenvalue weighted by Gasteiger charge is 2.20. The lowest BCUT2D eigenvalue weighted by Crippen LogP contribution is -2.12. The Bertz CT molecular complexity index is 1480. The molecule has 1 atom stereocenters. The number of nitrogen functional groups attached to an aromatic ring is 1. The van der Waals surface area contributed by atoms with Crippen molar-refractivity contribution in [2.45, 2.75) is 13.0 Å². The van der Waals surface area contributed by atoms with E-state index in [-0.39, 0.29) is 17.5 Å². The Kier molecular flexibility index (Phi) is 4.62. The van der Waals surface area contributed by atoms with E-state index in [2.05, 4.69) is 30.1 Å². The molecule has 0 fully saturated rings. The molecule has 0 spiro atoms. The Morgan fingerprint density at radius 3 is 2.94 bits per heavy atom. The van der Waals surface area contributed by atoms with E-state index >= 15 is 0 Å². The number of benzene rings is 1. The lowest BCUT2D eigenvalue weighted by molar-refractivity contribution is 0.842. The third kappa shape index (κ3) is 3.30. The molecular formula is C20H14ClN9S. The van der Waals surface area contributed by atoms with Crippen molar-refractivity contribution in [3.05, 3.63) is 64.4 Å². The molecule has 5 rings (SSSR count). The summed E-state index contributed by atoms with van der Waals surface area (Å²) in [5.41, 5.74) is 11.8. The number of anilines is 2. The van der Waals surface area contributed by atoms with Gasteiger partial charge in [-0.25, -0.2) is 29.3 Å². The fraction of sp³-hybridized carbons (Fsp3) is 0.100. The van der Waals surface area contributed by atoms with Crippen molar-refractivity contribution in [1.29, 1.82) is 0 Å². The van der Waals surface area contributed by atoms with Crippen LogP contribution in [-0.2, 0) is 0 Å². The van der Waals surface area contributed by atoms with Crippen molar-refractivity contribution in [2.24, 2.45) is 0 Å². The van der Waals surface area contributed by atoms with Crippen molar-refractivity contribution < 1.29 is 0 Å². The molecule has 4 heterocycles. The van der Waals surface area contributed by atoms with Crippen LogP contribution in [0.25, 0.3) is 32.0 Å². The molecule has 5 aromatic rings. The fourth-order valence-electron chi connectivity index (χ4n) is 3.35. The van der Waals surface area contributed by atoms with Gasteiger partial charge in [-0.1, -0.05) is 17.7 Å². The van der Waals surface area contributed by atoms with E-state index in [1.165, 1.54) is 6.33 Å². The molecule has 0 saturated carbocycles. The molecule has 1 aromatic carbocycles. The first-order chi connectivity index (χ1) is 15.0. The Balaban J connectivity index is 1.66. The molecule has 0 radical (unpaired) electrons. The molecule has 9 nitrogen and oxygen atoms in total. The van der Waals surface area contributed by atoms with Crippen LogP contribution in [0.4, 0.5) is 17.3 Å². The third-order valence-electron chi connectivity index (χ3n) is 4.87. The van der Waals surface area contributed by atoms with Crippen LogP contribution in [0.3, 0.4) is 0 Å². The maximum Gasteiger partial charge on any atom is 0.268 e. The molecule has 0 bridgehead atoms. The van der Waals surface area contributed by atoms with Gasteiger partial charge in [-0.2, -0.15) is 5.10 Å². The molecule has 0 aliphatic rings. The van der Waals surface area contributed by atoms with Crippen LogP contribution in [0.2, 0.25) is 5.15 Å². The zero-order chi connectivity index (χ0) is 21.5. The number of halogens is 1. The number of nitrogens with one attached hydrogen (secondary N) is 1. The van der Waals surface area contributed by atoms with Crippen molar-refractivity contribution in [3.63, 3.8) is 0 Å². The molecule has 0 aliphatic carbocycles. The van der Waals surface area contributed by atoms with Gasteiger partial charge < -0.3 is 11.1 Å². The first-order valence-electron chi connectivity index (χ1n) is 9.17. The van der Waals surface area contributed by atoms with Crippen LogP contribution in [-0.4, -0.2) is 29.5 Å². The molecule has 0 amide bonds. The Hall–Kier alpha value is -3.81. The highest BCUT2D eigenvalue weighted by Crippen LogP contribution is 2.35. The van der Waals surface area contributed by atoms with Crippen LogP contribution in [0.15, 0.2) is 42.3 Å². The van der Waals surface area contributed by atoms with E-state index in [1.807, 2.05) is 36.7 Å². The van der Waals surface area contributed by atoms with Crippen LogP contribution in [0.5, 0.6) is 0 Å². The number of nitrogens with zero attached hydrogens (tertiary/aromatic N) is 7. The van der Waals surface area contributed by atoms with Gasteiger partial charge in [0.2, 0.25) is 0 Å². The number of rotatable bonds is 4. The number of aromatic nitrogens is 6. The minimum atomic E-state index is -0.274. The predicted molar refractivity (Wildman–Crippen MR) is 121 cm³/mol. The normalized spacial score (nSPS) is 12.2. The topological polar surface area (TPSA) is 111 Å². The molecule has 11 heteroatoms. The second-order valence-electron chi connectivity index (χ2n) is 6.77. The summed E-state index contributed by atoms with van der Waals surface area (Å²) in [7, 11) is 0. The number of thiazole rings is 1. The van der Waals surface area contributed by atoms with Crippen LogP contribution in [0.1, 0.15) is 18.5 Å². The number of hydrogen-bond acceptors (Lipinski definition) is 8. The average Bonchev–Trinajstić information content (AvgIpc) is 3.39. The van der Waals surface area contributed by atoms with Gasteiger partial charge in [0.15, 0.2) is 10.8 Å². The van der Waals surface area contributed by atoms with Crippen LogP contribution in [0, 0.1) is 6.57 Å². The number of hydrogen-bond donors (Lipinski definition) is 2. The predicted octanol–water partition coefficient (Wildman–Crippen LogP) is 4.76. The molecule has 152 valence electrons. The highest BCUT2D eigenvalue weighted by molar-refractivity contribution is 7.16. The van der Waals surface area contributed by atoms with Gasteiger partial charge >= 0.3 is 0 Å². The zero-order valence-corrected chi connectivity index (χ0v) is 17.7. The number of fused-ring (bicyclic) bond motifs is 2. The van der Waals surface area contributed by atoms with Gasteiger partial charge in [-0.05, 0) is 25.1 Å². The smallest absolute Gasteiger partial charge is 0.268 e. The Morgan fingerprint density at radius 1 is 1.23 bits per heavy atom. The lowest BCUT2D eigenvalue weighted by Gasteiger charge is -2.19.